The van der Waals surface area contributed by atoms with Crippen molar-refractivity contribution in [3.8, 4) is 0 Å². The third-order valence-electron chi connectivity index (χ3n) is 5.06. The van der Waals surface area contributed by atoms with Gasteiger partial charge in [0.15, 0.2) is 5.76 Å². The minimum atomic E-state index is -0.435. The molecule has 2 saturated heterocycles. The molecule has 0 bridgehead atoms. The predicted molar refractivity (Wildman–Crippen MR) is 90.8 cm³/mol. The zero-order valence-electron chi connectivity index (χ0n) is 15.1. The van der Waals surface area contributed by atoms with Crippen molar-refractivity contribution < 1.29 is 18.8 Å². The number of esters is 1. The van der Waals surface area contributed by atoms with E-state index in [9.17, 15) is 9.59 Å². The van der Waals surface area contributed by atoms with Gasteiger partial charge >= 0.3 is 5.97 Å². The van der Waals surface area contributed by atoms with E-state index in [4.69, 9.17) is 9.26 Å². The first-order valence-electron chi connectivity index (χ1n) is 9.23. The van der Waals surface area contributed by atoms with E-state index >= 15 is 0 Å². The van der Waals surface area contributed by atoms with Crippen LogP contribution in [0, 0.1) is 6.92 Å². The molecule has 0 unspecified atom stereocenters. The van der Waals surface area contributed by atoms with Gasteiger partial charge in [-0.2, -0.15) is 0 Å². The fourth-order valence-corrected chi connectivity index (χ4v) is 3.86. The molecule has 3 rings (SSSR count). The molecule has 0 saturated carbocycles. The van der Waals surface area contributed by atoms with Crippen molar-refractivity contribution >= 4 is 11.9 Å². The van der Waals surface area contributed by atoms with E-state index in [0.717, 1.165) is 43.7 Å². The Kier molecular flexibility index (Phi) is 5.73. The number of aryl methyl sites for hydroxylation is 1. The van der Waals surface area contributed by atoms with Gasteiger partial charge in [-0.3, -0.25) is 9.69 Å². The second kappa shape index (κ2) is 7.99. The molecule has 0 N–H and O–H groups in total. The summed E-state index contributed by atoms with van der Waals surface area (Å²) in [5.41, 5.74) is 0.853. The number of piperidine rings is 1. The summed E-state index contributed by atoms with van der Waals surface area (Å²) in [6.45, 7) is 5.82. The van der Waals surface area contributed by atoms with E-state index < -0.39 is 6.04 Å². The number of amides is 1. The summed E-state index contributed by atoms with van der Waals surface area (Å²) in [7, 11) is 0. The van der Waals surface area contributed by atoms with Crippen LogP contribution in [0.5, 0.6) is 0 Å². The molecule has 2 atom stereocenters. The Morgan fingerprint density at radius 2 is 2.12 bits per heavy atom. The third kappa shape index (κ3) is 4.03. The summed E-state index contributed by atoms with van der Waals surface area (Å²) in [6, 6.07) is 1.60. The highest BCUT2D eigenvalue weighted by Crippen LogP contribution is 2.32. The Bertz CT molecular complexity index is 615. The lowest BCUT2D eigenvalue weighted by Crippen LogP contribution is -2.51. The van der Waals surface area contributed by atoms with Crippen LogP contribution in [0.3, 0.4) is 0 Å². The number of aromatic nitrogens is 1. The molecule has 2 aliphatic heterocycles. The lowest BCUT2D eigenvalue weighted by atomic mass is 10.0. The fraction of sp³-hybridized carbons (Fsp3) is 0.722. The van der Waals surface area contributed by atoms with Crippen LogP contribution in [0.1, 0.15) is 56.5 Å². The SMILES string of the molecule is CCOC(=O)[C@@H]1CCCCN1C(=O)CN1CCC[C@@H]1c1cc(C)no1. The number of rotatable bonds is 5. The zero-order chi connectivity index (χ0) is 17.8. The topological polar surface area (TPSA) is 75.9 Å². The monoisotopic (exact) mass is 349 g/mol. The molecule has 2 fully saturated rings. The molecular formula is C18H27N3O4. The summed E-state index contributed by atoms with van der Waals surface area (Å²) < 4.78 is 10.6. The molecule has 1 amide bonds. The van der Waals surface area contributed by atoms with Crippen LogP contribution in [0.25, 0.3) is 0 Å². The molecule has 0 spiro atoms. The summed E-state index contributed by atoms with van der Waals surface area (Å²) in [5, 5.41) is 3.96. The third-order valence-corrected chi connectivity index (χ3v) is 5.06. The van der Waals surface area contributed by atoms with E-state index in [0.29, 0.717) is 26.1 Å². The number of nitrogens with zero attached hydrogens (tertiary/aromatic N) is 3. The molecule has 0 radical (unpaired) electrons. The number of carbonyl (C=O) groups is 2. The fourth-order valence-electron chi connectivity index (χ4n) is 3.86. The summed E-state index contributed by atoms with van der Waals surface area (Å²) in [5.74, 6) is 0.545. The Labute approximate surface area is 148 Å². The average molecular weight is 349 g/mol. The quantitative estimate of drug-likeness (QED) is 0.758. The normalized spacial score (nSPS) is 24.5. The molecule has 7 nitrogen and oxygen atoms in total. The van der Waals surface area contributed by atoms with Crippen molar-refractivity contribution in [2.45, 2.75) is 58.0 Å². The van der Waals surface area contributed by atoms with Crippen LogP contribution in [-0.2, 0) is 14.3 Å². The smallest absolute Gasteiger partial charge is 0.328 e. The van der Waals surface area contributed by atoms with Crippen LogP contribution in [0.4, 0.5) is 0 Å². The Balaban J connectivity index is 1.66. The molecule has 2 aliphatic rings. The van der Waals surface area contributed by atoms with Crippen LogP contribution in [-0.4, -0.2) is 59.1 Å². The number of ether oxygens (including phenoxy) is 1. The minimum Gasteiger partial charge on any atom is -0.464 e. The lowest BCUT2D eigenvalue weighted by Gasteiger charge is -2.35. The van der Waals surface area contributed by atoms with Crippen LogP contribution < -0.4 is 0 Å². The van der Waals surface area contributed by atoms with Crippen LogP contribution in [0.15, 0.2) is 10.6 Å². The van der Waals surface area contributed by atoms with Gasteiger partial charge in [0, 0.05) is 12.6 Å². The van der Waals surface area contributed by atoms with Crippen LogP contribution >= 0.6 is 0 Å². The minimum absolute atomic E-state index is 0.000824. The standard InChI is InChI=1S/C18H27N3O4/c1-3-24-18(23)15-7-4-5-10-21(15)17(22)12-20-9-6-8-14(20)16-11-13(2)19-25-16/h11,14-15H,3-10,12H2,1-2H3/t14-,15+/m1/s1. The largest absolute Gasteiger partial charge is 0.464 e. The number of hydrogen-bond donors (Lipinski definition) is 0. The molecule has 138 valence electrons. The molecule has 25 heavy (non-hydrogen) atoms. The molecule has 0 aromatic carbocycles. The average Bonchev–Trinajstić information content (AvgIpc) is 3.23. The Morgan fingerprint density at radius 3 is 2.84 bits per heavy atom. The van der Waals surface area contributed by atoms with Gasteiger partial charge in [-0.25, -0.2) is 4.79 Å². The van der Waals surface area contributed by atoms with Crippen molar-refractivity contribution in [2.75, 3.05) is 26.2 Å². The molecule has 7 heteroatoms. The maximum atomic E-state index is 12.9. The van der Waals surface area contributed by atoms with Gasteiger partial charge in [-0.15, -0.1) is 0 Å². The van der Waals surface area contributed by atoms with Crippen molar-refractivity contribution in [1.82, 2.24) is 15.0 Å². The van der Waals surface area contributed by atoms with E-state index in [-0.39, 0.29) is 17.9 Å². The summed E-state index contributed by atoms with van der Waals surface area (Å²) in [4.78, 5) is 28.9. The second-order valence-corrected chi connectivity index (χ2v) is 6.85. The number of likely N-dealkylation sites (tertiary alicyclic amines) is 2. The van der Waals surface area contributed by atoms with Crippen molar-refractivity contribution in [3.63, 3.8) is 0 Å². The maximum absolute atomic E-state index is 12.9. The Morgan fingerprint density at radius 1 is 1.28 bits per heavy atom. The summed E-state index contributed by atoms with van der Waals surface area (Å²) >= 11 is 0. The maximum Gasteiger partial charge on any atom is 0.328 e. The van der Waals surface area contributed by atoms with Gasteiger partial charge in [-0.1, -0.05) is 5.16 Å². The van der Waals surface area contributed by atoms with Crippen LogP contribution in [0.2, 0.25) is 0 Å². The van der Waals surface area contributed by atoms with Gasteiger partial charge in [0.2, 0.25) is 5.91 Å². The molecular weight excluding hydrogens is 322 g/mol. The van der Waals surface area contributed by atoms with Crippen molar-refractivity contribution in [1.29, 1.82) is 0 Å². The number of carbonyl (C=O) groups excluding carboxylic acids is 2. The van der Waals surface area contributed by atoms with Gasteiger partial charge in [-0.05, 0) is 52.5 Å². The van der Waals surface area contributed by atoms with Crippen molar-refractivity contribution in [2.24, 2.45) is 0 Å². The second-order valence-electron chi connectivity index (χ2n) is 6.85. The highest BCUT2D eigenvalue weighted by Gasteiger charge is 2.36. The van der Waals surface area contributed by atoms with E-state index in [1.54, 1.807) is 11.8 Å². The number of hydrogen-bond acceptors (Lipinski definition) is 6. The molecule has 0 aliphatic carbocycles. The highest BCUT2D eigenvalue weighted by atomic mass is 16.5. The lowest BCUT2D eigenvalue weighted by molar-refractivity contribution is -0.157. The molecule has 3 heterocycles. The predicted octanol–water partition coefficient (Wildman–Crippen LogP) is 2.06. The van der Waals surface area contributed by atoms with Gasteiger partial charge in [0.25, 0.3) is 0 Å². The molecule has 1 aromatic rings. The van der Waals surface area contributed by atoms with Gasteiger partial charge in [0.1, 0.15) is 6.04 Å². The highest BCUT2D eigenvalue weighted by molar-refractivity contribution is 5.85. The van der Waals surface area contributed by atoms with E-state index in [1.165, 1.54) is 0 Å². The van der Waals surface area contributed by atoms with E-state index in [1.807, 2.05) is 13.0 Å². The zero-order valence-corrected chi connectivity index (χ0v) is 15.1. The van der Waals surface area contributed by atoms with E-state index in [2.05, 4.69) is 10.1 Å². The van der Waals surface area contributed by atoms with Gasteiger partial charge in [0.05, 0.1) is 24.9 Å². The van der Waals surface area contributed by atoms with Crippen molar-refractivity contribution in [3.05, 3.63) is 17.5 Å². The summed E-state index contributed by atoms with van der Waals surface area (Å²) in [6.07, 6.45) is 4.57. The first-order valence-corrected chi connectivity index (χ1v) is 9.23. The molecule has 1 aromatic heterocycles. The first kappa shape index (κ1) is 17.9. The first-order chi connectivity index (χ1) is 12.1. The van der Waals surface area contributed by atoms with Gasteiger partial charge < -0.3 is 14.2 Å². The Hall–Kier alpha value is -1.89.